The molecular formula is C16H21N3O2. The molecule has 2 fully saturated rings. The molecule has 2 heterocycles. The molecule has 1 aromatic rings. The molecule has 1 aliphatic carbocycles. The van der Waals surface area contributed by atoms with Gasteiger partial charge in [-0.3, -0.25) is 14.6 Å². The van der Waals surface area contributed by atoms with Crippen molar-refractivity contribution in [2.24, 2.45) is 5.92 Å². The molecule has 1 aromatic heterocycles. The molecule has 1 aliphatic heterocycles. The van der Waals surface area contributed by atoms with Gasteiger partial charge in [0.05, 0.1) is 11.7 Å². The van der Waals surface area contributed by atoms with E-state index in [1.54, 1.807) is 18.0 Å². The van der Waals surface area contributed by atoms with Crippen LogP contribution in [0.3, 0.4) is 0 Å². The van der Waals surface area contributed by atoms with Gasteiger partial charge in [0.1, 0.15) is 11.6 Å². The number of amides is 2. The molecule has 2 amide bonds. The Bertz CT molecular complexity index is 570. The summed E-state index contributed by atoms with van der Waals surface area (Å²) < 4.78 is 0. The topological polar surface area (TPSA) is 62.3 Å². The molecule has 3 atom stereocenters. The molecule has 0 spiro atoms. The quantitative estimate of drug-likeness (QED) is 0.919. The fourth-order valence-corrected chi connectivity index (χ4v) is 3.20. The van der Waals surface area contributed by atoms with Crippen LogP contribution in [0.25, 0.3) is 0 Å². The van der Waals surface area contributed by atoms with E-state index in [4.69, 9.17) is 0 Å². The van der Waals surface area contributed by atoms with Crippen LogP contribution in [0.1, 0.15) is 45.3 Å². The van der Waals surface area contributed by atoms with Gasteiger partial charge in [0, 0.05) is 6.20 Å². The molecule has 3 unspecified atom stereocenters. The minimum absolute atomic E-state index is 0.00949. The van der Waals surface area contributed by atoms with E-state index in [2.05, 4.69) is 10.3 Å². The summed E-state index contributed by atoms with van der Waals surface area (Å²) in [5, 5.41) is 2.94. The van der Waals surface area contributed by atoms with Gasteiger partial charge in [-0.15, -0.1) is 0 Å². The Morgan fingerprint density at radius 3 is 2.67 bits per heavy atom. The van der Waals surface area contributed by atoms with Crippen LogP contribution in [-0.4, -0.2) is 33.3 Å². The number of aromatic nitrogens is 1. The zero-order chi connectivity index (χ0) is 15.2. The van der Waals surface area contributed by atoms with E-state index in [1.165, 1.54) is 0 Å². The van der Waals surface area contributed by atoms with Crippen molar-refractivity contribution in [1.82, 2.24) is 15.2 Å². The summed E-state index contributed by atoms with van der Waals surface area (Å²) in [7, 11) is 0. The van der Waals surface area contributed by atoms with Crippen LogP contribution < -0.4 is 5.32 Å². The minimum Gasteiger partial charge on any atom is -0.340 e. The fraction of sp³-hybridized carbons (Fsp3) is 0.562. The number of hydrogen-bond donors (Lipinski definition) is 1. The Morgan fingerprint density at radius 2 is 2.10 bits per heavy atom. The SMILES string of the molecule is CC1C(=O)NC(C)(C2CC2)C(=O)N1C(C)c1ccccn1. The van der Waals surface area contributed by atoms with E-state index < -0.39 is 11.6 Å². The van der Waals surface area contributed by atoms with E-state index in [9.17, 15) is 9.59 Å². The van der Waals surface area contributed by atoms with Gasteiger partial charge in [-0.05, 0) is 51.7 Å². The lowest BCUT2D eigenvalue weighted by Gasteiger charge is -2.46. The highest BCUT2D eigenvalue weighted by Gasteiger charge is 2.55. The minimum atomic E-state index is -0.757. The molecule has 1 N–H and O–H groups in total. The molecule has 0 bridgehead atoms. The van der Waals surface area contributed by atoms with Crippen LogP contribution in [0.15, 0.2) is 24.4 Å². The number of pyridine rings is 1. The maximum atomic E-state index is 13.0. The van der Waals surface area contributed by atoms with E-state index in [1.807, 2.05) is 32.0 Å². The average Bonchev–Trinajstić information content (AvgIpc) is 3.31. The highest BCUT2D eigenvalue weighted by Crippen LogP contribution is 2.43. The summed E-state index contributed by atoms with van der Waals surface area (Å²) in [6.45, 7) is 5.57. The maximum absolute atomic E-state index is 13.0. The van der Waals surface area contributed by atoms with Crippen molar-refractivity contribution in [3.8, 4) is 0 Å². The first kappa shape index (κ1) is 14.0. The number of nitrogens with one attached hydrogen (secondary N) is 1. The Morgan fingerprint density at radius 1 is 1.38 bits per heavy atom. The lowest BCUT2D eigenvalue weighted by Crippen LogP contribution is -2.69. The second kappa shape index (κ2) is 4.83. The van der Waals surface area contributed by atoms with Crippen molar-refractivity contribution in [1.29, 1.82) is 0 Å². The van der Waals surface area contributed by atoms with Gasteiger partial charge in [-0.2, -0.15) is 0 Å². The van der Waals surface area contributed by atoms with Crippen LogP contribution in [0, 0.1) is 5.92 Å². The van der Waals surface area contributed by atoms with Crippen molar-refractivity contribution < 1.29 is 9.59 Å². The summed E-state index contributed by atoms with van der Waals surface area (Å²) in [6, 6.07) is 4.96. The number of carbonyl (C=O) groups is 2. The first-order valence-corrected chi connectivity index (χ1v) is 7.51. The molecule has 0 aromatic carbocycles. The number of carbonyl (C=O) groups excluding carboxylic acids is 2. The largest absolute Gasteiger partial charge is 0.340 e. The van der Waals surface area contributed by atoms with Gasteiger partial charge in [-0.25, -0.2) is 0 Å². The number of nitrogens with zero attached hydrogens (tertiary/aromatic N) is 2. The third kappa shape index (κ3) is 2.20. The van der Waals surface area contributed by atoms with Crippen molar-refractivity contribution in [2.75, 3.05) is 0 Å². The predicted octanol–water partition coefficient (Wildman–Crippen LogP) is 1.66. The highest BCUT2D eigenvalue weighted by atomic mass is 16.2. The van der Waals surface area contributed by atoms with Crippen LogP contribution >= 0.6 is 0 Å². The second-order valence-electron chi connectivity index (χ2n) is 6.28. The number of piperazine rings is 1. The monoisotopic (exact) mass is 287 g/mol. The van der Waals surface area contributed by atoms with Crippen LogP contribution in [0.5, 0.6) is 0 Å². The zero-order valence-corrected chi connectivity index (χ0v) is 12.7. The molecular weight excluding hydrogens is 266 g/mol. The lowest BCUT2D eigenvalue weighted by atomic mass is 9.88. The van der Waals surface area contributed by atoms with Crippen molar-refractivity contribution in [3.63, 3.8) is 0 Å². The van der Waals surface area contributed by atoms with E-state index >= 15 is 0 Å². The van der Waals surface area contributed by atoms with Crippen molar-refractivity contribution in [2.45, 2.75) is 51.2 Å². The Hall–Kier alpha value is -1.91. The molecule has 3 rings (SSSR count). The molecule has 112 valence electrons. The van der Waals surface area contributed by atoms with Gasteiger partial charge in [0.25, 0.3) is 0 Å². The molecule has 1 saturated heterocycles. The summed E-state index contributed by atoms with van der Waals surface area (Å²) in [5.41, 5.74) is 0.0534. The molecule has 21 heavy (non-hydrogen) atoms. The highest BCUT2D eigenvalue weighted by molar-refractivity contribution is 6.00. The summed E-state index contributed by atoms with van der Waals surface area (Å²) in [6.07, 6.45) is 3.72. The Balaban J connectivity index is 1.94. The standard InChI is InChI=1S/C16H21N3O2/c1-10(13-6-4-5-9-17-13)19-11(2)14(20)18-16(3,15(19)21)12-7-8-12/h4-6,9-12H,7-8H2,1-3H3,(H,18,20). The van der Waals surface area contributed by atoms with Crippen molar-refractivity contribution in [3.05, 3.63) is 30.1 Å². The van der Waals surface area contributed by atoms with Crippen LogP contribution in [-0.2, 0) is 9.59 Å². The lowest BCUT2D eigenvalue weighted by molar-refractivity contribution is -0.157. The maximum Gasteiger partial charge on any atom is 0.249 e. The fourth-order valence-electron chi connectivity index (χ4n) is 3.20. The van der Waals surface area contributed by atoms with E-state index in [0.717, 1.165) is 18.5 Å². The Labute approximate surface area is 124 Å². The molecule has 2 aliphatic rings. The number of hydrogen-bond acceptors (Lipinski definition) is 3. The normalized spacial score (nSPS) is 31.0. The zero-order valence-electron chi connectivity index (χ0n) is 12.7. The van der Waals surface area contributed by atoms with Gasteiger partial charge in [0.2, 0.25) is 11.8 Å². The summed E-state index contributed by atoms with van der Waals surface area (Å²) >= 11 is 0. The first-order chi connectivity index (χ1) is 9.95. The van der Waals surface area contributed by atoms with Gasteiger partial charge < -0.3 is 10.2 Å². The smallest absolute Gasteiger partial charge is 0.249 e. The second-order valence-corrected chi connectivity index (χ2v) is 6.28. The first-order valence-electron chi connectivity index (χ1n) is 7.51. The van der Waals surface area contributed by atoms with Crippen LogP contribution in [0.2, 0.25) is 0 Å². The molecule has 5 nitrogen and oxygen atoms in total. The average molecular weight is 287 g/mol. The Kier molecular flexibility index (Phi) is 3.23. The van der Waals surface area contributed by atoms with Crippen molar-refractivity contribution >= 4 is 11.8 Å². The number of rotatable bonds is 3. The third-order valence-corrected chi connectivity index (χ3v) is 4.79. The molecule has 1 saturated carbocycles. The van der Waals surface area contributed by atoms with E-state index in [-0.39, 0.29) is 23.8 Å². The van der Waals surface area contributed by atoms with Gasteiger partial charge in [0.15, 0.2) is 0 Å². The third-order valence-electron chi connectivity index (χ3n) is 4.79. The van der Waals surface area contributed by atoms with Gasteiger partial charge >= 0.3 is 0 Å². The molecule has 0 radical (unpaired) electrons. The summed E-state index contributed by atoms with van der Waals surface area (Å²) in [4.78, 5) is 31.3. The summed E-state index contributed by atoms with van der Waals surface area (Å²) in [5.74, 6) is 0.196. The van der Waals surface area contributed by atoms with Gasteiger partial charge in [-0.1, -0.05) is 6.07 Å². The van der Waals surface area contributed by atoms with E-state index in [0.29, 0.717) is 0 Å². The predicted molar refractivity (Wildman–Crippen MR) is 78.2 cm³/mol. The molecule has 5 heteroatoms. The van der Waals surface area contributed by atoms with Crippen LogP contribution in [0.4, 0.5) is 0 Å².